The van der Waals surface area contributed by atoms with E-state index in [0.29, 0.717) is 0 Å². The van der Waals surface area contributed by atoms with Crippen molar-refractivity contribution in [2.24, 2.45) is 0 Å². The van der Waals surface area contributed by atoms with Gasteiger partial charge in [-0.1, -0.05) is 158 Å². The monoisotopic (exact) mass is 830 g/mol. The summed E-state index contributed by atoms with van der Waals surface area (Å²) >= 11 is 0. The van der Waals surface area contributed by atoms with E-state index in [2.05, 4.69) is 221 Å². The highest BCUT2D eigenvalue weighted by Gasteiger charge is 2.23. The number of fused-ring (bicyclic) bond motifs is 9. The maximum Gasteiger partial charge on any atom is 0.123 e. The average molecular weight is 831 g/mol. The molecule has 2 nitrogen and oxygen atoms in total. The molecular formula is C62H39FN2. The van der Waals surface area contributed by atoms with E-state index < -0.39 is 0 Å². The molecule has 13 aromatic rings. The highest BCUT2D eigenvalue weighted by atomic mass is 19.1. The maximum absolute atomic E-state index is 14.4. The number of hydrogen-bond acceptors (Lipinski definition) is 0. The lowest BCUT2D eigenvalue weighted by Gasteiger charge is -2.19. The van der Waals surface area contributed by atoms with E-state index in [-0.39, 0.29) is 5.82 Å². The van der Waals surface area contributed by atoms with Crippen LogP contribution in [0.1, 0.15) is 0 Å². The molecule has 0 atom stereocenters. The van der Waals surface area contributed by atoms with Gasteiger partial charge in [0, 0.05) is 32.9 Å². The Bertz CT molecular complexity index is 3920. The zero-order valence-electron chi connectivity index (χ0n) is 35.3. The molecule has 11 aromatic carbocycles. The van der Waals surface area contributed by atoms with E-state index in [1.54, 1.807) is 12.1 Å². The molecule has 0 amide bonds. The van der Waals surface area contributed by atoms with Crippen molar-refractivity contribution in [3.8, 4) is 55.9 Å². The van der Waals surface area contributed by atoms with Crippen molar-refractivity contribution in [1.82, 2.24) is 9.13 Å². The van der Waals surface area contributed by atoms with Crippen molar-refractivity contribution < 1.29 is 4.39 Å². The molecule has 65 heavy (non-hydrogen) atoms. The molecule has 0 saturated carbocycles. The van der Waals surface area contributed by atoms with Gasteiger partial charge in [-0.3, -0.25) is 0 Å². The van der Waals surface area contributed by atoms with Gasteiger partial charge in [0.25, 0.3) is 0 Å². The fourth-order valence-electron chi connectivity index (χ4n) is 10.5. The Morgan fingerprint density at radius 1 is 0.231 bits per heavy atom. The van der Waals surface area contributed by atoms with Gasteiger partial charge in [0.1, 0.15) is 5.82 Å². The zero-order chi connectivity index (χ0) is 43.0. The van der Waals surface area contributed by atoms with Crippen LogP contribution in [-0.2, 0) is 0 Å². The summed E-state index contributed by atoms with van der Waals surface area (Å²) in [5, 5.41) is 9.48. The largest absolute Gasteiger partial charge is 0.309 e. The van der Waals surface area contributed by atoms with Crippen molar-refractivity contribution in [2.45, 2.75) is 0 Å². The van der Waals surface area contributed by atoms with Crippen molar-refractivity contribution >= 4 is 65.2 Å². The number of para-hydroxylation sites is 2. The minimum Gasteiger partial charge on any atom is -0.309 e. The van der Waals surface area contributed by atoms with E-state index in [9.17, 15) is 4.39 Å². The lowest BCUT2D eigenvalue weighted by molar-refractivity contribution is 0.627. The van der Waals surface area contributed by atoms with Gasteiger partial charge in [0.2, 0.25) is 0 Å². The summed E-state index contributed by atoms with van der Waals surface area (Å²) in [6, 6.07) is 84.1. The number of rotatable bonds is 6. The van der Waals surface area contributed by atoms with E-state index in [1.807, 2.05) is 12.1 Å². The van der Waals surface area contributed by atoms with Crippen LogP contribution in [0.2, 0.25) is 0 Å². The summed E-state index contributed by atoms with van der Waals surface area (Å²) in [5.74, 6) is -0.250. The van der Waals surface area contributed by atoms with Crippen LogP contribution in [0.4, 0.5) is 4.39 Å². The van der Waals surface area contributed by atoms with Gasteiger partial charge in [-0.2, -0.15) is 0 Å². The molecule has 0 unspecified atom stereocenters. The molecule has 0 aliphatic rings. The lowest BCUT2D eigenvalue weighted by Crippen LogP contribution is -1.96. The standard InChI is InChI=1S/C62H39FN2/c63-46-29-31-47(32-30-46)64-57-26-14-13-24-51(57)55-38-53-49-22-10-11-25-52(49)62(61(56(53)39-60(55)64)42-20-8-3-9-21-42)43-28-33-59-54(37-43)50-23-12-15-27-58(50)65(59)48-35-44(40-16-4-1-5-17-40)34-45(36-48)41-18-6-2-7-19-41/h1-39H. The van der Waals surface area contributed by atoms with Crippen LogP contribution in [0.25, 0.3) is 121 Å². The molecule has 0 saturated heterocycles. The third kappa shape index (κ3) is 5.93. The van der Waals surface area contributed by atoms with Crippen LogP contribution in [-0.4, -0.2) is 9.13 Å². The molecule has 0 fully saturated rings. The second kappa shape index (κ2) is 14.8. The van der Waals surface area contributed by atoms with Crippen molar-refractivity contribution in [1.29, 1.82) is 0 Å². The van der Waals surface area contributed by atoms with Crippen LogP contribution in [0, 0.1) is 5.82 Å². The number of aromatic nitrogens is 2. The molecule has 13 rings (SSSR count). The van der Waals surface area contributed by atoms with Crippen LogP contribution in [0.3, 0.4) is 0 Å². The minimum absolute atomic E-state index is 0.250. The normalized spacial score (nSPS) is 11.8. The van der Waals surface area contributed by atoms with Gasteiger partial charge in [-0.15, -0.1) is 0 Å². The maximum atomic E-state index is 14.4. The first-order chi connectivity index (χ1) is 32.2. The number of nitrogens with zero attached hydrogens (tertiary/aromatic N) is 2. The van der Waals surface area contributed by atoms with Gasteiger partial charge >= 0.3 is 0 Å². The molecule has 0 spiro atoms. The predicted octanol–water partition coefficient (Wildman–Crippen LogP) is 17.0. The summed E-state index contributed by atoms with van der Waals surface area (Å²) < 4.78 is 19.1. The predicted molar refractivity (Wildman–Crippen MR) is 272 cm³/mol. The summed E-state index contributed by atoms with van der Waals surface area (Å²) in [6.07, 6.45) is 0. The van der Waals surface area contributed by atoms with E-state index in [4.69, 9.17) is 0 Å². The van der Waals surface area contributed by atoms with E-state index >= 15 is 0 Å². The Kier molecular flexibility index (Phi) is 8.44. The SMILES string of the molecule is Fc1ccc(-n2c3ccccc3c3cc4c(cc32)c(-c2ccccc2)c(-c2ccc3c(c2)c2ccccc2n3-c2cc(-c3ccccc3)cc(-c3ccccc3)c2)c2ccccc24)cc1. The summed E-state index contributed by atoms with van der Waals surface area (Å²) in [7, 11) is 0. The Hall–Kier alpha value is -8.53. The summed E-state index contributed by atoms with van der Waals surface area (Å²) in [6.45, 7) is 0. The molecule has 0 bridgehead atoms. The van der Waals surface area contributed by atoms with Gasteiger partial charge in [-0.25, -0.2) is 4.39 Å². The van der Waals surface area contributed by atoms with Crippen LogP contribution in [0.15, 0.2) is 237 Å². The lowest BCUT2D eigenvalue weighted by atomic mass is 9.84. The topological polar surface area (TPSA) is 9.86 Å². The molecule has 2 aromatic heterocycles. The first-order valence-electron chi connectivity index (χ1n) is 22.2. The average Bonchev–Trinajstić information content (AvgIpc) is 3.88. The Balaban J connectivity index is 1.11. The number of hydrogen-bond donors (Lipinski definition) is 0. The fraction of sp³-hybridized carbons (Fsp3) is 0. The van der Waals surface area contributed by atoms with Gasteiger partial charge in [0.05, 0.1) is 22.1 Å². The Morgan fingerprint density at radius 3 is 1.32 bits per heavy atom. The smallest absolute Gasteiger partial charge is 0.123 e. The number of benzene rings is 11. The highest BCUT2D eigenvalue weighted by molar-refractivity contribution is 6.26. The third-order valence-electron chi connectivity index (χ3n) is 13.3. The summed E-state index contributed by atoms with van der Waals surface area (Å²) in [5.41, 5.74) is 15.9. The van der Waals surface area contributed by atoms with Crippen LogP contribution in [0.5, 0.6) is 0 Å². The first-order valence-corrected chi connectivity index (χ1v) is 22.2. The first kappa shape index (κ1) is 37.1. The molecule has 0 N–H and O–H groups in total. The fourth-order valence-corrected chi connectivity index (χ4v) is 10.5. The highest BCUT2D eigenvalue weighted by Crippen LogP contribution is 2.48. The summed E-state index contributed by atoms with van der Waals surface area (Å²) in [4.78, 5) is 0. The molecule has 0 radical (unpaired) electrons. The van der Waals surface area contributed by atoms with E-state index in [0.717, 1.165) is 60.7 Å². The van der Waals surface area contributed by atoms with Crippen LogP contribution < -0.4 is 0 Å². The Labute approximate surface area is 375 Å². The molecule has 2 heterocycles. The Morgan fingerprint density at radius 2 is 0.708 bits per heavy atom. The molecule has 3 heteroatoms. The third-order valence-corrected chi connectivity index (χ3v) is 13.3. The second-order valence-corrected chi connectivity index (χ2v) is 17.0. The number of halogens is 1. The molecule has 304 valence electrons. The quantitative estimate of drug-likeness (QED) is 0.148. The molecular weight excluding hydrogens is 792 g/mol. The minimum atomic E-state index is -0.250. The van der Waals surface area contributed by atoms with E-state index in [1.165, 1.54) is 60.3 Å². The van der Waals surface area contributed by atoms with Crippen molar-refractivity contribution in [2.75, 3.05) is 0 Å². The van der Waals surface area contributed by atoms with Gasteiger partial charge in [0.15, 0.2) is 0 Å². The second-order valence-electron chi connectivity index (χ2n) is 17.0. The van der Waals surface area contributed by atoms with Crippen molar-refractivity contribution in [3.05, 3.63) is 242 Å². The molecule has 0 aliphatic heterocycles. The zero-order valence-corrected chi connectivity index (χ0v) is 35.3. The van der Waals surface area contributed by atoms with Crippen molar-refractivity contribution in [3.63, 3.8) is 0 Å². The van der Waals surface area contributed by atoms with Gasteiger partial charge < -0.3 is 9.13 Å². The molecule has 0 aliphatic carbocycles. The van der Waals surface area contributed by atoms with Gasteiger partial charge in [-0.05, 0) is 145 Å². The van der Waals surface area contributed by atoms with Crippen LogP contribution >= 0.6 is 0 Å².